The van der Waals surface area contributed by atoms with Crippen molar-refractivity contribution < 1.29 is 14.3 Å². The number of carbonyl (C=O) groups is 1. The van der Waals surface area contributed by atoms with Crippen molar-refractivity contribution in [3.05, 3.63) is 29.6 Å². The molecule has 0 aliphatic heterocycles. The number of carbonyl (C=O) groups excluding carboxylic acids is 1. The molecule has 0 bridgehead atoms. The van der Waals surface area contributed by atoms with E-state index < -0.39 is 17.5 Å². The summed E-state index contributed by atoms with van der Waals surface area (Å²) < 4.78 is 12.7. The van der Waals surface area contributed by atoms with E-state index in [4.69, 9.17) is 18.0 Å². The van der Waals surface area contributed by atoms with Crippen molar-refractivity contribution in [3.63, 3.8) is 0 Å². The second kappa shape index (κ2) is 5.58. The number of nitrogens with two attached hydrogens (primary N) is 1. The number of amides is 1. The SMILES string of the molecule is CC(CNC(=O)c1ccc(F)cc1O)C(N)=S. The molecule has 1 rings (SSSR count). The number of phenols is 1. The molecule has 17 heavy (non-hydrogen) atoms. The molecule has 0 saturated heterocycles. The zero-order valence-corrected chi connectivity index (χ0v) is 10.1. The molecule has 0 saturated carbocycles. The second-order valence-corrected chi connectivity index (χ2v) is 4.15. The predicted molar refractivity (Wildman–Crippen MR) is 66.3 cm³/mol. The Morgan fingerprint density at radius 1 is 1.65 bits per heavy atom. The minimum Gasteiger partial charge on any atom is -0.507 e. The van der Waals surface area contributed by atoms with Gasteiger partial charge < -0.3 is 16.2 Å². The minimum absolute atomic E-state index is 0.0153. The first-order valence-electron chi connectivity index (χ1n) is 4.98. The zero-order valence-electron chi connectivity index (χ0n) is 9.24. The second-order valence-electron chi connectivity index (χ2n) is 3.67. The van der Waals surface area contributed by atoms with Crippen molar-refractivity contribution in [1.82, 2.24) is 5.32 Å². The molecule has 0 aliphatic rings. The van der Waals surface area contributed by atoms with Crippen LogP contribution in [0.2, 0.25) is 0 Å². The lowest BCUT2D eigenvalue weighted by molar-refractivity contribution is 0.0948. The molecule has 1 unspecified atom stereocenters. The van der Waals surface area contributed by atoms with Crippen LogP contribution < -0.4 is 11.1 Å². The van der Waals surface area contributed by atoms with Crippen LogP contribution in [0.15, 0.2) is 18.2 Å². The van der Waals surface area contributed by atoms with Gasteiger partial charge in [-0.1, -0.05) is 19.1 Å². The van der Waals surface area contributed by atoms with E-state index in [-0.39, 0.29) is 18.0 Å². The van der Waals surface area contributed by atoms with Crippen molar-refractivity contribution >= 4 is 23.1 Å². The quantitative estimate of drug-likeness (QED) is 0.707. The average molecular weight is 256 g/mol. The standard InChI is InChI=1S/C11H13FN2O2S/c1-6(10(13)17)5-14-11(16)8-3-2-7(12)4-9(8)15/h2-4,6,15H,5H2,1H3,(H2,13,17)(H,14,16). The summed E-state index contributed by atoms with van der Waals surface area (Å²) in [6.07, 6.45) is 0. The number of thiocarbonyl (C=S) groups is 1. The third-order valence-corrected chi connectivity index (χ3v) is 2.66. The first kappa shape index (κ1) is 13.4. The highest BCUT2D eigenvalue weighted by Crippen LogP contribution is 2.17. The molecule has 6 heteroatoms. The van der Waals surface area contributed by atoms with Gasteiger partial charge in [-0.3, -0.25) is 4.79 Å². The van der Waals surface area contributed by atoms with Gasteiger partial charge in [0.1, 0.15) is 11.6 Å². The molecule has 4 N–H and O–H groups in total. The normalized spacial score (nSPS) is 11.9. The topological polar surface area (TPSA) is 75.3 Å². The van der Waals surface area contributed by atoms with Crippen LogP contribution in [0.3, 0.4) is 0 Å². The third-order valence-electron chi connectivity index (χ3n) is 2.26. The summed E-state index contributed by atoms with van der Waals surface area (Å²) >= 11 is 4.76. The van der Waals surface area contributed by atoms with Crippen LogP contribution in [0.5, 0.6) is 5.75 Å². The van der Waals surface area contributed by atoms with Gasteiger partial charge in [-0.2, -0.15) is 0 Å². The molecular weight excluding hydrogens is 243 g/mol. The average Bonchev–Trinajstić information content (AvgIpc) is 2.25. The molecule has 0 aliphatic carbocycles. The number of phenolic OH excluding ortho intramolecular Hbond substituents is 1. The number of nitrogens with one attached hydrogen (secondary N) is 1. The lowest BCUT2D eigenvalue weighted by Crippen LogP contribution is -2.33. The van der Waals surface area contributed by atoms with Crippen molar-refractivity contribution in [1.29, 1.82) is 0 Å². The largest absolute Gasteiger partial charge is 0.507 e. The van der Waals surface area contributed by atoms with Gasteiger partial charge >= 0.3 is 0 Å². The molecule has 1 amide bonds. The first-order valence-corrected chi connectivity index (χ1v) is 5.38. The molecule has 0 spiro atoms. The fourth-order valence-corrected chi connectivity index (χ4v) is 1.22. The van der Waals surface area contributed by atoms with Gasteiger partial charge in [0, 0.05) is 18.5 Å². The van der Waals surface area contributed by atoms with Crippen LogP contribution in [0.1, 0.15) is 17.3 Å². The maximum absolute atomic E-state index is 12.7. The molecule has 4 nitrogen and oxygen atoms in total. The summed E-state index contributed by atoms with van der Waals surface area (Å²) in [6, 6.07) is 3.20. The summed E-state index contributed by atoms with van der Waals surface area (Å²) in [5, 5.41) is 11.9. The Labute approximate surface area is 104 Å². The number of aromatic hydroxyl groups is 1. The Morgan fingerprint density at radius 2 is 2.29 bits per heavy atom. The van der Waals surface area contributed by atoms with Crippen LogP contribution >= 0.6 is 12.2 Å². The maximum atomic E-state index is 12.7. The highest BCUT2D eigenvalue weighted by molar-refractivity contribution is 7.80. The minimum atomic E-state index is -0.601. The van der Waals surface area contributed by atoms with Crippen LogP contribution in [0.4, 0.5) is 4.39 Å². The summed E-state index contributed by atoms with van der Waals surface area (Å²) in [5.41, 5.74) is 5.41. The Morgan fingerprint density at radius 3 is 2.82 bits per heavy atom. The summed E-state index contributed by atoms with van der Waals surface area (Å²) in [7, 11) is 0. The number of rotatable bonds is 4. The number of hydrogen-bond donors (Lipinski definition) is 3. The highest BCUT2D eigenvalue weighted by Gasteiger charge is 2.13. The summed E-state index contributed by atoms with van der Waals surface area (Å²) in [6.45, 7) is 2.04. The van der Waals surface area contributed by atoms with Crippen molar-refractivity contribution in [3.8, 4) is 5.75 Å². The van der Waals surface area contributed by atoms with Crippen LogP contribution in [0, 0.1) is 11.7 Å². The van der Waals surface area contributed by atoms with Gasteiger partial charge in [-0.05, 0) is 12.1 Å². The van der Waals surface area contributed by atoms with Gasteiger partial charge in [0.15, 0.2) is 0 Å². The lowest BCUT2D eigenvalue weighted by atomic mass is 10.1. The van der Waals surface area contributed by atoms with E-state index in [0.717, 1.165) is 12.1 Å². The number of hydrogen-bond acceptors (Lipinski definition) is 3. The van der Waals surface area contributed by atoms with E-state index in [1.807, 2.05) is 0 Å². The first-order chi connectivity index (χ1) is 7.91. The van der Waals surface area contributed by atoms with Crippen molar-refractivity contribution in [2.75, 3.05) is 6.54 Å². The van der Waals surface area contributed by atoms with Gasteiger partial charge in [-0.25, -0.2) is 4.39 Å². The Hall–Kier alpha value is -1.69. The van der Waals surface area contributed by atoms with Crippen molar-refractivity contribution in [2.45, 2.75) is 6.92 Å². The fraction of sp³-hybridized carbons (Fsp3) is 0.273. The molecular formula is C11H13FN2O2S. The maximum Gasteiger partial charge on any atom is 0.255 e. The third kappa shape index (κ3) is 3.67. The van der Waals surface area contributed by atoms with E-state index in [2.05, 4.69) is 5.32 Å². The molecule has 1 aromatic carbocycles. The van der Waals surface area contributed by atoms with Gasteiger partial charge in [-0.15, -0.1) is 0 Å². The van der Waals surface area contributed by atoms with E-state index in [1.54, 1.807) is 6.92 Å². The van der Waals surface area contributed by atoms with Crippen molar-refractivity contribution in [2.24, 2.45) is 11.7 Å². The van der Waals surface area contributed by atoms with Gasteiger partial charge in [0.05, 0.1) is 10.6 Å². The molecule has 1 atom stereocenters. The van der Waals surface area contributed by atoms with E-state index >= 15 is 0 Å². The lowest BCUT2D eigenvalue weighted by Gasteiger charge is -2.11. The number of halogens is 1. The predicted octanol–water partition coefficient (Wildman–Crippen LogP) is 1.18. The van der Waals surface area contributed by atoms with E-state index in [9.17, 15) is 14.3 Å². The van der Waals surface area contributed by atoms with E-state index in [1.165, 1.54) is 6.07 Å². The molecule has 0 fully saturated rings. The highest BCUT2D eigenvalue weighted by atomic mass is 32.1. The molecule has 92 valence electrons. The monoisotopic (exact) mass is 256 g/mol. The number of benzene rings is 1. The molecule has 1 aromatic rings. The summed E-state index contributed by atoms with van der Waals surface area (Å²) in [5.74, 6) is -1.64. The van der Waals surface area contributed by atoms with Gasteiger partial charge in [0.2, 0.25) is 0 Å². The Bertz CT molecular complexity index is 451. The van der Waals surface area contributed by atoms with Crippen LogP contribution in [-0.4, -0.2) is 22.5 Å². The molecule has 0 heterocycles. The van der Waals surface area contributed by atoms with E-state index in [0.29, 0.717) is 4.99 Å². The molecule has 0 radical (unpaired) electrons. The van der Waals surface area contributed by atoms with Crippen LogP contribution in [0.25, 0.3) is 0 Å². The zero-order chi connectivity index (χ0) is 13.0. The van der Waals surface area contributed by atoms with Crippen LogP contribution in [-0.2, 0) is 0 Å². The molecule has 0 aromatic heterocycles. The Kier molecular flexibility index (Phi) is 4.39. The smallest absolute Gasteiger partial charge is 0.255 e. The fourth-order valence-electron chi connectivity index (χ4n) is 1.14. The Balaban J connectivity index is 2.67. The summed E-state index contributed by atoms with van der Waals surface area (Å²) in [4.78, 5) is 11.9. The van der Waals surface area contributed by atoms with Gasteiger partial charge in [0.25, 0.3) is 5.91 Å².